The molecule has 2 N–H and O–H groups in total. The van der Waals surface area contributed by atoms with E-state index in [1.807, 2.05) is 24.3 Å². The van der Waals surface area contributed by atoms with E-state index in [2.05, 4.69) is 15.2 Å². The van der Waals surface area contributed by atoms with Crippen molar-refractivity contribution in [1.29, 1.82) is 0 Å². The number of nitrogens with two attached hydrogens (primary N) is 1. The molecule has 0 saturated heterocycles. The predicted molar refractivity (Wildman–Crippen MR) is 118 cm³/mol. The van der Waals surface area contributed by atoms with Gasteiger partial charge in [-0.05, 0) is 48.0 Å². The number of para-hydroxylation sites is 1. The van der Waals surface area contributed by atoms with Crippen LogP contribution >= 0.6 is 0 Å². The second-order valence-corrected chi connectivity index (χ2v) is 8.99. The summed E-state index contributed by atoms with van der Waals surface area (Å²) in [5.41, 5.74) is 7.61. The van der Waals surface area contributed by atoms with Gasteiger partial charge < -0.3 is 10.6 Å². The monoisotopic (exact) mass is 433 g/mol. The molecule has 0 aliphatic carbocycles. The van der Waals surface area contributed by atoms with E-state index in [0.29, 0.717) is 11.3 Å². The van der Waals surface area contributed by atoms with E-state index in [0.717, 1.165) is 17.2 Å². The van der Waals surface area contributed by atoms with Crippen molar-refractivity contribution in [2.24, 2.45) is 0 Å². The first kappa shape index (κ1) is 20.4. The molecule has 156 valence electrons. The summed E-state index contributed by atoms with van der Waals surface area (Å²) >= 11 is 0. The molecule has 2 aromatic heterocycles. The molecule has 0 aliphatic heterocycles. The highest BCUT2D eigenvalue weighted by atomic mass is 32.2. The Hall–Kier alpha value is -3.85. The first-order chi connectivity index (χ1) is 14.8. The number of carbonyl (C=O) groups is 1. The first-order valence-corrected chi connectivity index (χ1v) is 11.3. The molecule has 0 radical (unpaired) electrons. The largest absolute Gasteiger partial charge is 0.384 e. The fourth-order valence-corrected chi connectivity index (χ4v) is 4.16. The normalized spacial score (nSPS) is 11.4. The van der Waals surface area contributed by atoms with E-state index in [1.165, 1.54) is 23.2 Å². The minimum absolute atomic E-state index is 0.0513. The maximum absolute atomic E-state index is 13.3. The third-order valence-electron chi connectivity index (χ3n) is 4.71. The predicted octanol–water partition coefficient (Wildman–Crippen LogP) is 2.86. The van der Waals surface area contributed by atoms with Crippen LogP contribution in [0.4, 0.5) is 11.5 Å². The van der Waals surface area contributed by atoms with Gasteiger partial charge in [0, 0.05) is 17.8 Å². The number of nitrogens with zero attached hydrogens (tertiary/aromatic N) is 4. The number of hydrogen-bond acceptors (Lipinski definition) is 7. The lowest BCUT2D eigenvalue weighted by atomic mass is 10.1. The maximum Gasteiger partial charge on any atom is 0.279 e. The van der Waals surface area contributed by atoms with Gasteiger partial charge in [0.1, 0.15) is 5.82 Å². The van der Waals surface area contributed by atoms with Gasteiger partial charge in [0.25, 0.3) is 5.91 Å². The molecule has 9 heteroatoms. The molecule has 0 atom stereocenters. The third-order valence-corrected chi connectivity index (χ3v) is 5.85. The van der Waals surface area contributed by atoms with Crippen molar-refractivity contribution in [3.8, 4) is 0 Å². The first-order valence-electron chi connectivity index (χ1n) is 9.37. The lowest BCUT2D eigenvalue weighted by Crippen LogP contribution is -2.32. The Morgan fingerprint density at radius 2 is 1.81 bits per heavy atom. The number of fused-ring (bicyclic) bond motifs is 1. The number of aromatic nitrogens is 3. The average Bonchev–Trinajstić information content (AvgIpc) is 2.77. The highest BCUT2D eigenvalue weighted by molar-refractivity contribution is 7.90. The van der Waals surface area contributed by atoms with Crippen LogP contribution < -0.4 is 10.6 Å². The minimum atomic E-state index is -3.59. The summed E-state index contributed by atoms with van der Waals surface area (Å²) in [5.74, 6) is -0.0793. The van der Waals surface area contributed by atoms with Crippen molar-refractivity contribution in [2.45, 2.75) is 11.4 Å². The summed E-state index contributed by atoms with van der Waals surface area (Å²) in [6.45, 7) is 0.106. The van der Waals surface area contributed by atoms with Gasteiger partial charge in [-0.1, -0.05) is 24.3 Å². The van der Waals surface area contributed by atoms with Crippen LogP contribution in [0.25, 0.3) is 10.9 Å². The number of anilines is 2. The third kappa shape index (κ3) is 4.36. The molecule has 2 aromatic carbocycles. The van der Waals surface area contributed by atoms with Crippen molar-refractivity contribution in [1.82, 2.24) is 15.2 Å². The van der Waals surface area contributed by atoms with E-state index in [4.69, 9.17) is 5.73 Å². The summed E-state index contributed by atoms with van der Waals surface area (Å²) in [4.78, 5) is 19.1. The van der Waals surface area contributed by atoms with Crippen LogP contribution in [0.5, 0.6) is 0 Å². The van der Waals surface area contributed by atoms with Crippen molar-refractivity contribution in [3.63, 3.8) is 0 Å². The Bertz CT molecular complexity index is 1370. The lowest BCUT2D eigenvalue weighted by Gasteiger charge is -2.24. The number of pyridine rings is 1. The highest BCUT2D eigenvalue weighted by Crippen LogP contribution is 2.28. The molecule has 2 heterocycles. The van der Waals surface area contributed by atoms with E-state index in [1.54, 1.807) is 30.3 Å². The second-order valence-electron chi connectivity index (χ2n) is 7.00. The molecule has 31 heavy (non-hydrogen) atoms. The topological polar surface area (TPSA) is 119 Å². The number of rotatable bonds is 5. The number of benzene rings is 2. The molecule has 4 rings (SSSR count). The molecular weight excluding hydrogens is 414 g/mol. The standard InChI is InChI=1S/C22H19N5O3S/c1-31(29,30)20-7-3-2-6-19(20)27(22(28)17-5-4-12-24-26-17)14-15-8-9-16-10-11-21(23)25-18(16)13-15/h2-13H,14H2,1H3,(H2,23,25). The van der Waals surface area contributed by atoms with Gasteiger partial charge in [-0.15, -0.1) is 5.10 Å². The van der Waals surface area contributed by atoms with Gasteiger partial charge in [-0.2, -0.15) is 5.10 Å². The SMILES string of the molecule is CS(=O)(=O)c1ccccc1N(Cc1ccc2ccc(N)nc2c1)C(=O)c1cccnn1. The van der Waals surface area contributed by atoms with Crippen molar-refractivity contribution >= 4 is 38.2 Å². The molecule has 8 nitrogen and oxygen atoms in total. The van der Waals surface area contributed by atoms with E-state index >= 15 is 0 Å². The van der Waals surface area contributed by atoms with Gasteiger partial charge in [-0.25, -0.2) is 13.4 Å². The quantitative estimate of drug-likeness (QED) is 0.514. The van der Waals surface area contributed by atoms with Gasteiger partial charge in [-0.3, -0.25) is 4.79 Å². The maximum atomic E-state index is 13.3. The van der Waals surface area contributed by atoms with Crippen molar-refractivity contribution < 1.29 is 13.2 Å². The second kappa shape index (κ2) is 8.11. The van der Waals surface area contributed by atoms with Crippen LogP contribution in [0.1, 0.15) is 16.1 Å². The molecule has 0 fully saturated rings. The fourth-order valence-electron chi connectivity index (χ4n) is 3.27. The molecular formula is C22H19N5O3S. The van der Waals surface area contributed by atoms with E-state index in [-0.39, 0.29) is 22.8 Å². The molecule has 0 aliphatic rings. The van der Waals surface area contributed by atoms with Gasteiger partial charge in [0.2, 0.25) is 0 Å². The summed E-state index contributed by atoms with van der Waals surface area (Å²) in [6, 6.07) is 18.7. The Morgan fingerprint density at radius 3 is 2.55 bits per heavy atom. The van der Waals surface area contributed by atoms with Crippen molar-refractivity contribution in [2.75, 3.05) is 16.9 Å². The van der Waals surface area contributed by atoms with Crippen LogP contribution in [-0.2, 0) is 16.4 Å². The van der Waals surface area contributed by atoms with Crippen LogP contribution in [0.15, 0.2) is 77.8 Å². The fraction of sp³-hybridized carbons (Fsp3) is 0.0909. The Kier molecular flexibility index (Phi) is 5.35. The molecule has 0 unspecified atom stereocenters. The van der Waals surface area contributed by atoms with Crippen LogP contribution in [-0.4, -0.2) is 35.8 Å². The zero-order valence-electron chi connectivity index (χ0n) is 16.6. The number of amides is 1. The number of nitrogen functional groups attached to an aromatic ring is 1. The van der Waals surface area contributed by atoms with Crippen molar-refractivity contribution in [3.05, 3.63) is 84.2 Å². The van der Waals surface area contributed by atoms with Crippen LogP contribution in [0.3, 0.4) is 0 Å². The zero-order valence-corrected chi connectivity index (χ0v) is 17.5. The van der Waals surface area contributed by atoms with E-state index < -0.39 is 15.7 Å². The Balaban J connectivity index is 1.83. The van der Waals surface area contributed by atoms with Gasteiger partial charge in [0.05, 0.1) is 22.6 Å². The summed E-state index contributed by atoms with van der Waals surface area (Å²) in [5, 5.41) is 8.58. The lowest BCUT2D eigenvalue weighted by molar-refractivity contribution is 0.0979. The summed E-state index contributed by atoms with van der Waals surface area (Å²) in [6.07, 6.45) is 2.57. The number of carbonyl (C=O) groups excluding carboxylic acids is 1. The molecule has 0 bridgehead atoms. The minimum Gasteiger partial charge on any atom is -0.384 e. The molecule has 0 saturated carbocycles. The Labute approximate surface area is 179 Å². The zero-order chi connectivity index (χ0) is 22.0. The van der Waals surface area contributed by atoms with E-state index in [9.17, 15) is 13.2 Å². The molecule has 0 spiro atoms. The van der Waals surface area contributed by atoms with Crippen LogP contribution in [0, 0.1) is 0 Å². The van der Waals surface area contributed by atoms with Gasteiger partial charge in [0.15, 0.2) is 15.5 Å². The smallest absolute Gasteiger partial charge is 0.279 e. The molecule has 4 aromatic rings. The molecule has 1 amide bonds. The number of hydrogen-bond donors (Lipinski definition) is 1. The average molecular weight is 433 g/mol. The summed E-state index contributed by atoms with van der Waals surface area (Å²) < 4.78 is 24.8. The van der Waals surface area contributed by atoms with Crippen LogP contribution in [0.2, 0.25) is 0 Å². The Morgan fingerprint density at radius 1 is 1.03 bits per heavy atom. The summed E-state index contributed by atoms with van der Waals surface area (Å²) in [7, 11) is -3.59. The highest BCUT2D eigenvalue weighted by Gasteiger charge is 2.25. The number of sulfone groups is 1. The van der Waals surface area contributed by atoms with Gasteiger partial charge >= 0.3 is 0 Å².